The summed E-state index contributed by atoms with van der Waals surface area (Å²) >= 11 is 6.15. The van der Waals surface area contributed by atoms with Crippen LogP contribution >= 0.6 is 11.6 Å². The van der Waals surface area contributed by atoms with Crippen molar-refractivity contribution in [2.24, 2.45) is 0 Å². The van der Waals surface area contributed by atoms with Gasteiger partial charge in [0.2, 0.25) is 5.88 Å². The van der Waals surface area contributed by atoms with Crippen molar-refractivity contribution in [2.75, 3.05) is 0 Å². The summed E-state index contributed by atoms with van der Waals surface area (Å²) in [6, 6.07) is 3.72. The second-order valence-corrected chi connectivity index (χ2v) is 7.61. The summed E-state index contributed by atoms with van der Waals surface area (Å²) in [6.45, 7) is 9.23. The molecule has 2 aromatic rings. The molecule has 2 rings (SSSR count). The fraction of sp³-hybridized carbons (Fsp3) is 0.450. The summed E-state index contributed by atoms with van der Waals surface area (Å²) in [6.07, 6.45) is 0. The molecule has 1 aromatic carbocycles. The molecule has 9 heteroatoms. The number of aryl methyl sites for hydroxylation is 1. The van der Waals surface area contributed by atoms with Gasteiger partial charge in [0.15, 0.2) is 5.02 Å². The van der Waals surface area contributed by atoms with E-state index in [1.165, 1.54) is 16.7 Å². The number of hydrogen-bond donors (Lipinski definition) is 2. The Morgan fingerprint density at radius 2 is 1.97 bits per heavy atom. The number of rotatable bonds is 7. The van der Waals surface area contributed by atoms with Crippen molar-refractivity contribution < 1.29 is 13.9 Å². The first-order chi connectivity index (χ1) is 13.6. The lowest BCUT2D eigenvalue weighted by atomic mass is 10.1. The van der Waals surface area contributed by atoms with Gasteiger partial charge in [0.1, 0.15) is 18.2 Å². The predicted octanol–water partition coefficient (Wildman–Crippen LogP) is 3.71. The zero-order chi connectivity index (χ0) is 21.7. The molecule has 2 N–H and O–H groups in total. The normalized spacial score (nSPS) is 11.1. The van der Waals surface area contributed by atoms with E-state index < -0.39 is 5.82 Å². The first-order valence-corrected chi connectivity index (χ1v) is 9.71. The molecule has 0 saturated carbocycles. The van der Waals surface area contributed by atoms with Gasteiger partial charge in [-0.1, -0.05) is 17.7 Å². The van der Waals surface area contributed by atoms with E-state index in [0.29, 0.717) is 17.0 Å². The third-order valence-electron chi connectivity index (χ3n) is 4.11. The van der Waals surface area contributed by atoms with Crippen molar-refractivity contribution >= 4 is 17.6 Å². The molecule has 1 heterocycles. The van der Waals surface area contributed by atoms with Crippen LogP contribution in [0, 0.1) is 12.7 Å². The van der Waals surface area contributed by atoms with Gasteiger partial charge < -0.3 is 15.4 Å². The van der Waals surface area contributed by atoms with Crippen molar-refractivity contribution in [1.29, 1.82) is 0 Å². The Hall–Kier alpha value is -2.61. The van der Waals surface area contributed by atoms with E-state index in [9.17, 15) is 14.0 Å². The summed E-state index contributed by atoms with van der Waals surface area (Å²) in [7, 11) is 0. The minimum Gasteiger partial charge on any atom is -0.472 e. The quantitative estimate of drug-likeness (QED) is 0.709. The molecule has 29 heavy (non-hydrogen) atoms. The lowest BCUT2D eigenvalue weighted by Gasteiger charge is -2.17. The van der Waals surface area contributed by atoms with Gasteiger partial charge in [-0.15, -0.1) is 0 Å². The Bertz CT molecular complexity index is 944. The number of carbonyl (C=O) groups is 1. The minimum absolute atomic E-state index is 0.0143. The monoisotopic (exact) mass is 424 g/mol. The Balaban J connectivity index is 2.19. The van der Waals surface area contributed by atoms with Crippen LogP contribution in [0.15, 0.2) is 23.0 Å². The fourth-order valence-corrected chi connectivity index (χ4v) is 3.02. The zero-order valence-electron chi connectivity index (χ0n) is 17.2. The first-order valence-electron chi connectivity index (χ1n) is 9.33. The van der Waals surface area contributed by atoms with Gasteiger partial charge in [0.25, 0.3) is 5.56 Å². The Morgan fingerprint density at radius 3 is 2.59 bits per heavy atom. The second kappa shape index (κ2) is 9.73. The Morgan fingerprint density at radius 1 is 1.28 bits per heavy atom. The number of halogens is 2. The molecule has 158 valence electrons. The van der Waals surface area contributed by atoms with Gasteiger partial charge in [-0.3, -0.25) is 9.36 Å². The molecular formula is C20H26ClFN4O3. The lowest BCUT2D eigenvalue weighted by molar-refractivity contribution is 0.238. The fourth-order valence-electron chi connectivity index (χ4n) is 2.83. The number of urea groups is 1. The maximum atomic E-state index is 13.7. The van der Waals surface area contributed by atoms with E-state index >= 15 is 0 Å². The van der Waals surface area contributed by atoms with E-state index in [4.69, 9.17) is 16.3 Å². The van der Waals surface area contributed by atoms with Crippen LogP contribution in [0.4, 0.5) is 9.18 Å². The average Bonchev–Trinajstić information content (AvgIpc) is 2.62. The van der Waals surface area contributed by atoms with E-state index in [-0.39, 0.29) is 47.7 Å². The van der Waals surface area contributed by atoms with Crippen LogP contribution in [-0.4, -0.2) is 21.6 Å². The van der Waals surface area contributed by atoms with E-state index in [1.54, 1.807) is 13.0 Å². The molecule has 0 unspecified atom stereocenters. The number of ether oxygens (including phenoxy) is 1. The molecular weight excluding hydrogens is 399 g/mol. The number of hydrogen-bond acceptors (Lipinski definition) is 4. The number of benzene rings is 1. The van der Waals surface area contributed by atoms with Crippen LogP contribution in [-0.2, 0) is 13.2 Å². The van der Waals surface area contributed by atoms with E-state index in [0.717, 1.165) is 0 Å². The van der Waals surface area contributed by atoms with Gasteiger partial charge in [-0.05, 0) is 57.9 Å². The number of amides is 2. The summed E-state index contributed by atoms with van der Waals surface area (Å²) in [4.78, 5) is 28.5. The van der Waals surface area contributed by atoms with Gasteiger partial charge in [0, 0.05) is 18.6 Å². The van der Waals surface area contributed by atoms with Crippen LogP contribution in [0.25, 0.3) is 0 Å². The van der Waals surface area contributed by atoms with Gasteiger partial charge in [-0.25, -0.2) is 9.18 Å². The molecule has 0 saturated heterocycles. The third kappa shape index (κ3) is 5.93. The number of nitrogens with zero attached hydrogens (tertiary/aromatic N) is 2. The minimum atomic E-state index is -0.429. The smallest absolute Gasteiger partial charge is 0.315 e. The van der Waals surface area contributed by atoms with Crippen LogP contribution in [0.5, 0.6) is 5.88 Å². The third-order valence-corrected chi connectivity index (χ3v) is 4.44. The summed E-state index contributed by atoms with van der Waals surface area (Å²) in [5.41, 5.74) is 0.808. The topological polar surface area (TPSA) is 85.2 Å². The summed E-state index contributed by atoms with van der Waals surface area (Å²) in [5.74, 6) is 0.0731. The lowest BCUT2D eigenvalue weighted by Crippen LogP contribution is -2.39. The van der Waals surface area contributed by atoms with Crippen molar-refractivity contribution in [2.45, 2.75) is 59.9 Å². The maximum Gasteiger partial charge on any atom is 0.315 e. The molecule has 7 nitrogen and oxygen atoms in total. The van der Waals surface area contributed by atoms with Crippen LogP contribution in [0.2, 0.25) is 5.02 Å². The second-order valence-electron chi connectivity index (χ2n) is 7.23. The predicted molar refractivity (Wildman–Crippen MR) is 110 cm³/mol. The van der Waals surface area contributed by atoms with Crippen LogP contribution in [0.1, 0.15) is 50.7 Å². The number of aromatic nitrogens is 2. The van der Waals surface area contributed by atoms with Crippen molar-refractivity contribution in [3.05, 3.63) is 56.3 Å². The maximum absolute atomic E-state index is 13.7. The van der Waals surface area contributed by atoms with Crippen LogP contribution < -0.4 is 20.9 Å². The molecule has 0 aliphatic heterocycles. The highest BCUT2D eigenvalue weighted by Crippen LogP contribution is 2.22. The zero-order valence-corrected chi connectivity index (χ0v) is 17.9. The SMILES string of the molecule is Cc1nc(OCc2ccc(F)cc2CNC(=O)NC(C)C)c(Cl)c(=O)n1C(C)C. The molecule has 0 atom stereocenters. The largest absolute Gasteiger partial charge is 0.472 e. The van der Waals surface area contributed by atoms with Crippen LogP contribution in [0.3, 0.4) is 0 Å². The highest BCUT2D eigenvalue weighted by atomic mass is 35.5. The molecule has 0 fully saturated rings. The van der Waals surface area contributed by atoms with E-state index in [2.05, 4.69) is 15.6 Å². The van der Waals surface area contributed by atoms with E-state index in [1.807, 2.05) is 27.7 Å². The van der Waals surface area contributed by atoms with Gasteiger partial charge >= 0.3 is 6.03 Å². The molecule has 0 radical (unpaired) electrons. The van der Waals surface area contributed by atoms with Crippen molar-refractivity contribution in [1.82, 2.24) is 20.2 Å². The Labute approximate surface area is 174 Å². The molecule has 0 bridgehead atoms. The average molecular weight is 425 g/mol. The highest BCUT2D eigenvalue weighted by Gasteiger charge is 2.17. The van der Waals surface area contributed by atoms with Gasteiger partial charge in [0.05, 0.1) is 0 Å². The molecule has 2 amide bonds. The summed E-state index contributed by atoms with van der Waals surface area (Å²) in [5, 5.41) is 5.27. The van der Waals surface area contributed by atoms with Gasteiger partial charge in [-0.2, -0.15) is 4.98 Å². The number of nitrogens with one attached hydrogen (secondary N) is 2. The summed E-state index contributed by atoms with van der Waals surface area (Å²) < 4.78 is 20.8. The van der Waals surface area contributed by atoms with Crippen molar-refractivity contribution in [3.63, 3.8) is 0 Å². The molecule has 1 aromatic heterocycles. The molecule has 0 aliphatic rings. The van der Waals surface area contributed by atoms with Crippen molar-refractivity contribution in [3.8, 4) is 5.88 Å². The highest BCUT2D eigenvalue weighted by molar-refractivity contribution is 6.31. The number of carbonyl (C=O) groups excluding carboxylic acids is 1. The Kier molecular flexibility index (Phi) is 7.61. The standard InChI is InChI=1S/C20H26ClFN4O3/c1-11(2)24-20(28)23-9-15-8-16(22)7-6-14(15)10-29-18-17(21)19(27)26(12(3)4)13(5)25-18/h6-8,11-12H,9-10H2,1-5H3,(H2,23,24,28). The molecule has 0 spiro atoms. The molecule has 0 aliphatic carbocycles. The first kappa shape index (κ1) is 22.7.